The van der Waals surface area contributed by atoms with Crippen molar-refractivity contribution in [2.24, 2.45) is 0 Å². The molecule has 1 aromatic carbocycles. The molecule has 1 N–H and O–H groups in total. The van der Waals surface area contributed by atoms with E-state index in [4.69, 9.17) is 4.74 Å². The van der Waals surface area contributed by atoms with Gasteiger partial charge in [-0.25, -0.2) is 0 Å². The lowest BCUT2D eigenvalue weighted by Crippen LogP contribution is -2.42. The van der Waals surface area contributed by atoms with Gasteiger partial charge in [0.1, 0.15) is 0 Å². The Balaban J connectivity index is 1.96. The number of nitrogens with one attached hydrogen (secondary N) is 1. The zero-order valence-corrected chi connectivity index (χ0v) is 11.3. The highest BCUT2D eigenvalue weighted by Gasteiger charge is 2.45. The van der Waals surface area contributed by atoms with Crippen LogP contribution in [-0.2, 0) is 11.3 Å². The second kappa shape index (κ2) is 4.43. The molecule has 94 valence electrons. The van der Waals surface area contributed by atoms with Crippen molar-refractivity contribution in [2.75, 3.05) is 0 Å². The first kappa shape index (κ1) is 12.6. The minimum Gasteiger partial charge on any atom is -0.368 e. The van der Waals surface area contributed by atoms with Crippen LogP contribution in [0, 0.1) is 0 Å². The number of rotatable bonds is 3. The highest BCUT2D eigenvalue weighted by Crippen LogP contribution is 2.37. The Labute approximate surface area is 104 Å². The molecule has 17 heavy (non-hydrogen) atoms. The molecule has 1 aliphatic rings. The number of benzene rings is 1. The van der Waals surface area contributed by atoms with Crippen molar-refractivity contribution in [3.05, 3.63) is 35.9 Å². The maximum Gasteiger partial charge on any atom is 0.0787 e. The first-order valence-electron chi connectivity index (χ1n) is 6.37. The topological polar surface area (TPSA) is 21.3 Å². The van der Waals surface area contributed by atoms with Crippen molar-refractivity contribution in [2.45, 2.75) is 57.9 Å². The van der Waals surface area contributed by atoms with Crippen molar-refractivity contribution in [1.82, 2.24) is 5.32 Å². The van der Waals surface area contributed by atoms with Crippen molar-refractivity contribution in [3.8, 4) is 0 Å². The Hall–Kier alpha value is -0.860. The van der Waals surface area contributed by atoms with Crippen LogP contribution >= 0.6 is 0 Å². The molecule has 0 saturated carbocycles. The fourth-order valence-corrected chi connectivity index (χ4v) is 2.72. The van der Waals surface area contributed by atoms with Crippen LogP contribution in [0.4, 0.5) is 0 Å². The second-order valence-corrected chi connectivity index (χ2v) is 6.09. The van der Waals surface area contributed by atoms with Crippen LogP contribution in [0.25, 0.3) is 0 Å². The molecule has 1 heterocycles. The summed E-state index contributed by atoms with van der Waals surface area (Å²) in [6, 6.07) is 10.9. The summed E-state index contributed by atoms with van der Waals surface area (Å²) in [6.07, 6.45) is 1.06. The molecule has 0 amide bonds. The molecule has 0 bridgehead atoms. The lowest BCUT2D eigenvalue weighted by Gasteiger charge is -2.27. The summed E-state index contributed by atoms with van der Waals surface area (Å²) in [5, 5.41) is 3.62. The van der Waals surface area contributed by atoms with Crippen LogP contribution in [0.15, 0.2) is 30.3 Å². The minimum atomic E-state index is -0.0850. The summed E-state index contributed by atoms with van der Waals surface area (Å²) in [5.74, 6) is 0. The third-order valence-electron chi connectivity index (χ3n) is 3.47. The van der Waals surface area contributed by atoms with E-state index in [2.05, 4.69) is 63.3 Å². The molecule has 2 heteroatoms. The zero-order valence-electron chi connectivity index (χ0n) is 11.3. The van der Waals surface area contributed by atoms with Crippen LogP contribution in [0.5, 0.6) is 0 Å². The van der Waals surface area contributed by atoms with Crippen LogP contribution in [0.2, 0.25) is 0 Å². The Bertz CT molecular complexity index is 370. The maximum atomic E-state index is 6.07. The van der Waals surface area contributed by atoms with Crippen molar-refractivity contribution in [3.63, 3.8) is 0 Å². The second-order valence-electron chi connectivity index (χ2n) is 6.09. The van der Waals surface area contributed by atoms with E-state index >= 15 is 0 Å². The quantitative estimate of drug-likeness (QED) is 0.866. The van der Waals surface area contributed by atoms with Gasteiger partial charge in [0.2, 0.25) is 0 Å². The van der Waals surface area contributed by atoms with Crippen LogP contribution in [0.1, 0.15) is 39.7 Å². The summed E-state index contributed by atoms with van der Waals surface area (Å²) in [5.41, 5.74) is 1.23. The van der Waals surface area contributed by atoms with Gasteiger partial charge in [-0.3, -0.25) is 0 Å². The summed E-state index contributed by atoms with van der Waals surface area (Å²) in [6.45, 7) is 9.58. The van der Waals surface area contributed by atoms with E-state index in [-0.39, 0.29) is 11.2 Å². The molecule has 0 unspecified atom stereocenters. The van der Waals surface area contributed by atoms with E-state index in [1.54, 1.807) is 0 Å². The first-order valence-corrected chi connectivity index (χ1v) is 6.37. The van der Waals surface area contributed by atoms with Gasteiger partial charge in [0.25, 0.3) is 0 Å². The largest absolute Gasteiger partial charge is 0.368 e. The summed E-state index contributed by atoms with van der Waals surface area (Å²) >= 11 is 0. The molecule has 0 spiro atoms. The third-order valence-corrected chi connectivity index (χ3v) is 3.47. The Morgan fingerprint density at radius 3 is 2.35 bits per heavy atom. The number of hydrogen-bond donors (Lipinski definition) is 1. The molecule has 1 atom stereocenters. The first-order chi connectivity index (χ1) is 7.89. The van der Waals surface area contributed by atoms with E-state index < -0.39 is 0 Å². The third kappa shape index (κ3) is 3.08. The smallest absolute Gasteiger partial charge is 0.0787 e. The normalized spacial score (nSPS) is 26.0. The fraction of sp³-hybridized carbons (Fsp3) is 0.600. The van der Waals surface area contributed by atoms with E-state index in [0.717, 1.165) is 13.0 Å². The highest BCUT2D eigenvalue weighted by molar-refractivity contribution is 5.14. The fourth-order valence-electron chi connectivity index (χ4n) is 2.72. The van der Waals surface area contributed by atoms with Gasteiger partial charge in [0, 0.05) is 12.6 Å². The van der Waals surface area contributed by atoms with E-state index in [1.165, 1.54) is 5.56 Å². The van der Waals surface area contributed by atoms with Gasteiger partial charge in [-0.05, 0) is 39.7 Å². The highest BCUT2D eigenvalue weighted by atomic mass is 16.5. The average Bonchev–Trinajstić information content (AvgIpc) is 2.45. The molecule has 0 aromatic heterocycles. The van der Waals surface area contributed by atoms with Gasteiger partial charge >= 0.3 is 0 Å². The van der Waals surface area contributed by atoms with Gasteiger partial charge in [-0.1, -0.05) is 30.3 Å². The Kier molecular flexibility index (Phi) is 3.28. The van der Waals surface area contributed by atoms with Crippen molar-refractivity contribution in [1.29, 1.82) is 0 Å². The summed E-state index contributed by atoms with van der Waals surface area (Å²) in [7, 11) is 0. The van der Waals surface area contributed by atoms with E-state index in [9.17, 15) is 0 Å². The molecule has 0 aliphatic carbocycles. The number of ether oxygens (including phenoxy) is 1. The lowest BCUT2D eigenvalue weighted by molar-refractivity contribution is -0.0699. The zero-order chi connectivity index (χ0) is 12.5. The molecule has 1 aromatic rings. The summed E-state index contributed by atoms with van der Waals surface area (Å²) < 4.78 is 6.07. The van der Waals surface area contributed by atoms with Gasteiger partial charge in [-0.2, -0.15) is 0 Å². The van der Waals surface area contributed by atoms with Gasteiger partial charge < -0.3 is 10.1 Å². The Morgan fingerprint density at radius 2 is 1.82 bits per heavy atom. The molecule has 1 saturated heterocycles. The monoisotopic (exact) mass is 233 g/mol. The lowest BCUT2D eigenvalue weighted by atomic mass is 9.94. The predicted molar refractivity (Wildman–Crippen MR) is 70.9 cm³/mol. The molecule has 2 nitrogen and oxygen atoms in total. The van der Waals surface area contributed by atoms with Gasteiger partial charge in [0.15, 0.2) is 0 Å². The molecule has 1 aliphatic heterocycles. The molecular formula is C15H23NO. The van der Waals surface area contributed by atoms with Gasteiger partial charge in [-0.15, -0.1) is 0 Å². The summed E-state index contributed by atoms with van der Waals surface area (Å²) in [4.78, 5) is 0. The average molecular weight is 233 g/mol. The van der Waals surface area contributed by atoms with Crippen molar-refractivity contribution >= 4 is 0 Å². The molecule has 1 fully saturated rings. The van der Waals surface area contributed by atoms with Crippen LogP contribution in [-0.4, -0.2) is 17.2 Å². The van der Waals surface area contributed by atoms with Gasteiger partial charge in [0.05, 0.1) is 11.2 Å². The predicted octanol–water partition coefficient (Wildman–Crippen LogP) is 3.12. The number of hydrogen-bond acceptors (Lipinski definition) is 2. The SMILES string of the molecule is CC1(C)C[C@H](NCc2ccccc2)C(C)(C)O1. The van der Waals surface area contributed by atoms with Crippen LogP contribution < -0.4 is 5.32 Å². The van der Waals surface area contributed by atoms with Crippen LogP contribution in [0.3, 0.4) is 0 Å². The molecule has 2 rings (SSSR count). The van der Waals surface area contributed by atoms with E-state index in [1.807, 2.05) is 0 Å². The standard InChI is InChI=1S/C15H23NO/c1-14(2)10-13(15(3,4)17-14)16-11-12-8-6-5-7-9-12/h5-9,13,16H,10-11H2,1-4H3/t13-/m0/s1. The van der Waals surface area contributed by atoms with E-state index in [0.29, 0.717) is 6.04 Å². The Morgan fingerprint density at radius 1 is 1.18 bits per heavy atom. The molecule has 0 radical (unpaired) electrons. The molecular weight excluding hydrogens is 210 g/mol. The minimum absolute atomic E-state index is 0.0160. The van der Waals surface area contributed by atoms with Crippen molar-refractivity contribution < 1.29 is 4.74 Å². The maximum absolute atomic E-state index is 6.07.